The number of hydrogen-bond donors (Lipinski definition) is 2. The van der Waals surface area contributed by atoms with Gasteiger partial charge in [0.1, 0.15) is 5.75 Å². The summed E-state index contributed by atoms with van der Waals surface area (Å²) in [6.45, 7) is 6.63. The summed E-state index contributed by atoms with van der Waals surface area (Å²) < 4.78 is 5.36. The molecule has 1 unspecified atom stereocenters. The van der Waals surface area contributed by atoms with Crippen molar-refractivity contribution >= 4 is 29.3 Å². The van der Waals surface area contributed by atoms with E-state index in [9.17, 15) is 4.79 Å². The van der Waals surface area contributed by atoms with Crippen LogP contribution in [0, 0.1) is 0 Å². The van der Waals surface area contributed by atoms with Gasteiger partial charge >= 0.3 is 0 Å². The Morgan fingerprint density at radius 1 is 1.33 bits per heavy atom. The highest BCUT2D eigenvalue weighted by molar-refractivity contribution is 7.80. The van der Waals surface area contributed by atoms with Gasteiger partial charge in [-0.1, -0.05) is 19.1 Å². The van der Waals surface area contributed by atoms with Crippen LogP contribution < -0.4 is 15.4 Å². The van der Waals surface area contributed by atoms with E-state index in [1.807, 2.05) is 45.0 Å². The van der Waals surface area contributed by atoms with E-state index in [0.29, 0.717) is 11.7 Å². The molecule has 0 saturated carbocycles. The molecule has 0 saturated heterocycles. The summed E-state index contributed by atoms with van der Waals surface area (Å²) in [5.74, 6) is 0.572. The third-order valence-electron chi connectivity index (χ3n) is 2.84. The van der Waals surface area contributed by atoms with E-state index in [4.69, 9.17) is 17.0 Å². The molecular weight excluding hydrogens is 284 g/mol. The number of hydrogen-bond acceptors (Lipinski definition) is 3. The van der Waals surface area contributed by atoms with Crippen LogP contribution in [0.25, 0.3) is 6.08 Å². The van der Waals surface area contributed by atoms with E-state index in [1.165, 1.54) is 6.08 Å². The molecule has 5 heteroatoms. The van der Waals surface area contributed by atoms with Gasteiger partial charge < -0.3 is 10.1 Å². The Hall–Kier alpha value is -1.88. The zero-order valence-electron chi connectivity index (χ0n) is 12.7. The van der Waals surface area contributed by atoms with E-state index in [1.54, 1.807) is 6.08 Å². The van der Waals surface area contributed by atoms with Crippen molar-refractivity contribution in [3.05, 3.63) is 35.9 Å². The lowest BCUT2D eigenvalue weighted by molar-refractivity contribution is -0.115. The third kappa shape index (κ3) is 6.90. The van der Waals surface area contributed by atoms with Crippen LogP contribution in [0.3, 0.4) is 0 Å². The number of benzene rings is 1. The summed E-state index contributed by atoms with van der Waals surface area (Å²) in [5.41, 5.74) is 0.925. The van der Waals surface area contributed by atoms with Crippen LogP contribution in [-0.4, -0.2) is 23.7 Å². The molecule has 2 N–H and O–H groups in total. The Balaban J connectivity index is 2.48. The first kappa shape index (κ1) is 17.2. The molecule has 1 rings (SSSR count). The second kappa shape index (κ2) is 9.13. The second-order valence-corrected chi connectivity index (χ2v) is 5.02. The molecule has 0 bridgehead atoms. The van der Waals surface area contributed by atoms with Crippen molar-refractivity contribution in [2.75, 3.05) is 6.61 Å². The van der Waals surface area contributed by atoms with Gasteiger partial charge in [-0.15, -0.1) is 0 Å². The fourth-order valence-electron chi connectivity index (χ4n) is 1.53. The molecule has 0 aliphatic carbocycles. The minimum atomic E-state index is -0.246. The minimum absolute atomic E-state index is 0.243. The summed E-state index contributed by atoms with van der Waals surface area (Å²) in [5, 5.41) is 6.00. The van der Waals surface area contributed by atoms with Gasteiger partial charge in [0.2, 0.25) is 5.91 Å². The first-order valence-electron chi connectivity index (χ1n) is 7.07. The number of thiocarbonyl (C=S) groups is 1. The average Bonchev–Trinajstić information content (AvgIpc) is 2.46. The van der Waals surface area contributed by atoms with Crippen LogP contribution in [0.5, 0.6) is 5.75 Å². The van der Waals surface area contributed by atoms with Crippen molar-refractivity contribution in [2.24, 2.45) is 0 Å². The van der Waals surface area contributed by atoms with Crippen LogP contribution in [0.4, 0.5) is 0 Å². The van der Waals surface area contributed by atoms with Gasteiger partial charge in [-0.3, -0.25) is 10.1 Å². The van der Waals surface area contributed by atoms with Gasteiger partial charge in [-0.2, -0.15) is 0 Å². The number of carbonyl (C=O) groups is 1. The molecule has 1 amide bonds. The van der Waals surface area contributed by atoms with Crippen molar-refractivity contribution in [3.8, 4) is 5.75 Å². The molecule has 1 aromatic rings. The largest absolute Gasteiger partial charge is 0.494 e. The highest BCUT2D eigenvalue weighted by atomic mass is 32.1. The Kier molecular flexibility index (Phi) is 7.46. The average molecular weight is 306 g/mol. The van der Waals surface area contributed by atoms with Crippen LogP contribution in [-0.2, 0) is 4.79 Å². The van der Waals surface area contributed by atoms with Crippen LogP contribution in [0.2, 0.25) is 0 Å². The summed E-state index contributed by atoms with van der Waals surface area (Å²) in [7, 11) is 0. The molecule has 0 aliphatic rings. The number of nitrogens with one attached hydrogen (secondary N) is 2. The third-order valence-corrected chi connectivity index (χ3v) is 3.06. The maximum Gasteiger partial charge on any atom is 0.250 e. The molecule has 0 heterocycles. The predicted octanol–water partition coefficient (Wildman–Crippen LogP) is 2.89. The lowest BCUT2D eigenvalue weighted by Crippen LogP contribution is -2.42. The molecule has 0 aliphatic heterocycles. The maximum absolute atomic E-state index is 11.7. The van der Waals surface area contributed by atoms with E-state index >= 15 is 0 Å². The van der Waals surface area contributed by atoms with Crippen LogP contribution >= 0.6 is 12.2 Å². The van der Waals surface area contributed by atoms with E-state index in [0.717, 1.165) is 17.7 Å². The monoisotopic (exact) mass is 306 g/mol. The molecule has 114 valence electrons. The lowest BCUT2D eigenvalue weighted by atomic mass is 10.2. The molecule has 0 radical (unpaired) electrons. The number of amides is 1. The quantitative estimate of drug-likeness (QED) is 0.627. The highest BCUT2D eigenvalue weighted by Gasteiger charge is 2.03. The lowest BCUT2D eigenvalue weighted by Gasteiger charge is -2.13. The van der Waals surface area contributed by atoms with Crippen LogP contribution in [0.15, 0.2) is 30.3 Å². The van der Waals surface area contributed by atoms with E-state index in [2.05, 4.69) is 10.6 Å². The van der Waals surface area contributed by atoms with Crippen molar-refractivity contribution in [1.29, 1.82) is 0 Å². The molecule has 4 nitrogen and oxygen atoms in total. The summed E-state index contributed by atoms with van der Waals surface area (Å²) in [6.07, 6.45) is 4.13. The fourth-order valence-corrected chi connectivity index (χ4v) is 1.83. The molecule has 21 heavy (non-hydrogen) atoms. The van der Waals surface area contributed by atoms with E-state index < -0.39 is 0 Å². The molecule has 1 atom stereocenters. The Morgan fingerprint density at radius 3 is 2.57 bits per heavy atom. The minimum Gasteiger partial charge on any atom is -0.494 e. The maximum atomic E-state index is 11.7. The zero-order valence-corrected chi connectivity index (χ0v) is 13.5. The zero-order chi connectivity index (χ0) is 15.7. The summed E-state index contributed by atoms with van der Waals surface area (Å²) >= 11 is 5.06. The molecule has 0 spiro atoms. The topological polar surface area (TPSA) is 50.4 Å². The SMILES string of the molecule is CCOc1ccc(/C=C/C(=O)NC(=S)NC(C)CC)cc1. The normalized spacial score (nSPS) is 12.0. The van der Waals surface area contributed by atoms with Gasteiger partial charge in [-0.25, -0.2) is 0 Å². The van der Waals surface area contributed by atoms with Crippen molar-refractivity contribution < 1.29 is 9.53 Å². The number of rotatable bonds is 6. The van der Waals surface area contributed by atoms with Crippen LogP contribution in [0.1, 0.15) is 32.8 Å². The summed E-state index contributed by atoms with van der Waals surface area (Å²) in [4.78, 5) is 11.7. The van der Waals surface area contributed by atoms with Crippen molar-refractivity contribution in [1.82, 2.24) is 10.6 Å². The van der Waals surface area contributed by atoms with Crippen molar-refractivity contribution in [2.45, 2.75) is 33.2 Å². The Labute approximate surface area is 131 Å². The first-order valence-corrected chi connectivity index (χ1v) is 7.48. The molecule has 0 aromatic heterocycles. The number of carbonyl (C=O) groups excluding carboxylic acids is 1. The smallest absolute Gasteiger partial charge is 0.250 e. The molecule has 1 aromatic carbocycles. The second-order valence-electron chi connectivity index (χ2n) is 4.61. The number of ether oxygens (including phenoxy) is 1. The molecule has 0 fully saturated rings. The van der Waals surface area contributed by atoms with Gasteiger partial charge in [-0.05, 0) is 56.3 Å². The van der Waals surface area contributed by atoms with Gasteiger partial charge in [0, 0.05) is 12.1 Å². The predicted molar refractivity (Wildman–Crippen MR) is 90.3 cm³/mol. The van der Waals surface area contributed by atoms with Crippen molar-refractivity contribution in [3.63, 3.8) is 0 Å². The van der Waals surface area contributed by atoms with Gasteiger partial charge in [0.25, 0.3) is 0 Å². The highest BCUT2D eigenvalue weighted by Crippen LogP contribution is 2.12. The van der Waals surface area contributed by atoms with E-state index in [-0.39, 0.29) is 11.9 Å². The van der Waals surface area contributed by atoms with Gasteiger partial charge in [0.05, 0.1) is 6.61 Å². The standard InChI is InChI=1S/C16H22N2O2S/c1-4-12(3)17-16(21)18-15(19)11-8-13-6-9-14(10-7-13)20-5-2/h6-12H,4-5H2,1-3H3,(H2,17,18,19,21)/b11-8+. The van der Waals surface area contributed by atoms with Gasteiger partial charge in [0.15, 0.2) is 5.11 Å². The first-order chi connectivity index (χ1) is 10.0. The summed E-state index contributed by atoms with van der Waals surface area (Å²) in [6, 6.07) is 7.77. The Morgan fingerprint density at radius 2 is 2.00 bits per heavy atom. The molecular formula is C16H22N2O2S. The fraction of sp³-hybridized carbons (Fsp3) is 0.375. The Bertz CT molecular complexity index is 498.